The molecule has 0 bridgehead atoms. The number of ether oxygens (including phenoxy) is 6. The van der Waals surface area contributed by atoms with Crippen LogP contribution >= 0.6 is 0 Å². The lowest BCUT2D eigenvalue weighted by atomic mass is 9.76. The van der Waals surface area contributed by atoms with E-state index < -0.39 is 42.0 Å². The van der Waals surface area contributed by atoms with Gasteiger partial charge in [0.25, 0.3) is 0 Å². The molecule has 2 aromatic rings. The summed E-state index contributed by atoms with van der Waals surface area (Å²) in [5.41, 5.74) is 1.98. The van der Waals surface area contributed by atoms with Gasteiger partial charge in [-0.3, -0.25) is 14.4 Å². The Bertz CT molecular complexity index is 1060. The van der Waals surface area contributed by atoms with Crippen molar-refractivity contribution in [1.29, 1.82) is 0 Å². The molecule has 0 saturated carbocycles. The van der Waals surface area contributed by atoms with E-state index in [1.165, 1.54) is 20.8 Å². The third kappa shape index (κ3) is 8.99. The summed E-state index contributed by atoms with van der Waals surface area (Å²) in [6.45, 7) is 3.98. The summed E-state index contributed by atoms with van der Waals surface area (Å²) in [5, 5.41) is 0. The second-order valence-corrected chi connectivity index (χ2v) is 9.66. The SMILES string of the molecule is COc1ccc(CC[C@H]2C[C@@H](OC(C)=O)[C@H](C(COC(C)=O)COC(C)=O)[C@@H](c3ccc(OC)cc3)O2)cc1. The molecule has 0 radical (unpaired) electrons. The van der Waals surface area contributed by atoms with Crippen molar-refractivity contribution in [2.45, 2.75) is 58.3 Å². The maximum atomic E-state index is 12.2. The molecular weight excluding hydrogens is 504 g/mol. The number of hydrogen-bond donors (Lipinski definition) is 0. The standard InChI is InChI=1S/C30H38O9/c1-19(31)36-17-24(18-37-20(2)32)29-28(38-21(3)33)16-27(13-8-22-6-11-25(34-4)12-7-22)39-30(29)23-9-14-26(35-5)15-10-23/h6-7,9-12,14-15,24,27-30H,8,13,16-18H2,1-5H3/t27-,28+,29-,30+/m0/s1. The summed E-state index contributed by atoms with van der Waals surface area (Å²) in [4.78, 5) is 35.6. The molecule has 9 nitrogen and oxygen atoms in total. The lowest BCUT2D eigenvalue weighted by Gasteiger charge is -2.44. The summed E-state index contributed by atoms with van der Waals surface area (Å²) >= 11 is 0. The average Bonchev–Trinajstić information content (AvgIpc) is 2.92. The number of hydrogen-bond acceptors (Lipinski definition) is 9. The maximum Gasteiger partial charge on any atom is 0.302 e. The molecule has 212 valence electrons. The molecule has 0 unspecified atom stereocenters. The predicted octanol–water partition coefficient (Wildman–Crippen LogP) is 4.46. The van der Waals surface area contributed by atoms with Gasteiger partial charge in [0.05, 0.1) is 39.6 Å². The fourth-order valence-corrected chi connectivity index (χ4v) is 4.97. The number of aryl methyl sites for hydroxylation is 1. The van der Waals surface area contributed by atoms with Crippen LogP contribution in [-0.4, -0.2) is 57.5 Å². The van der Waals surface area contributed by atoms with Gasteiger partial charge in [0.1, 0.15) is 17.6 Å². The summed E-state index contributed by atoms with van der Waals surface area (Å²) < 4.78 is 33.9. The minimum Gasteiger partial charge on any atom is -0.497 e. The van der Waals surface area contributed by atoms with Gasteiger partial charge in [0.15, 0.2) is 0 Å². The van der Waals surface area contributed by atoms with Crippen LogP contribution in [0.2, 0.25) is 0 Å². The third-order valence-electron chi connectivity index (χ3n) is 6.83. The zero-order valence-corrected chi connectivity index (χ0v) is 23.2. The number of carbonyl (C=O) groups is 3. The molecule has 0 aliphatic carbocycles. The van der Waals surface area contributed by atoms with Crippen LogP contribution in [0.5, 0.6) is 11.5 Å². The van der Waals surface area contributed by atoms with E-state index in [9.17, 15) is 14.4 Å². The highest BCUT2D eigenvalue weighted by atomic mass is 16.6. The van der Waals surface area contributed by atoms with Crippen molar-refractivity contribution < 1.29 is 42.8 Å². The van der Waals surface area contributed by atoms with Gasteiger partial charge in [-0.1, -0.05) is 24.3 Å². The van der Waals surface area contributed by atoms with E-state index in [-0.39, 0.29) is 19.3 Å². The molecule has 0 aromatic heterocycles. The molecule has 4 atom stereocenters. The molecule has 1 saturated heterocycles. The van der Waals surface area contributed by atoms with Crippen LogP contribution in [0.25, 0.3) is 0 Å². The minimum absolute atomic E-state index is 0.0163. The van der Waals surface area contributed by atoms with Crippen molar-refractivity contribution in [3.63, 3.8) is 0 Å². The van der Waals surface area contributed by atoms with E-state index in [1.807, 2.05) is 48.5 Å². The van der Waals surface area contributed by atoms with Crippen LogP contribution < -0.4 is 9.47 Å². The predicted molar refractivity (Wildman–Crippen MR) is 142 cm³/mol. The van der Waals surface area contributed by atoms with Crippen molar-refractivity contribution in [1.82, 2.24) is 0 Å². The molecule has 0 N–H and O–H groups in total. The monoisotopic (exact) mass is 542 g/mol. The second-order valence-electron chi connectivity index (χ2n) is 9.66. The fraction of sp³-hybridized carbons (Fsp3) is 0.500. The average molecular weight is 543 g/mol. The first-order valence-electron chi connectivity index (χ1n) is 13.1. The van der Waals surface area contributed by atoms with Gasteiger partial charge >= 0.3 is 17.9 Å². The van der Waals surface area contributed by atoms with E-state index >= 15 is 0 Å². The molecule has 39 heavy (non-hydrogen) atoms. The number of rotatable bonds is 12. The topological polar surface area (TPSA) is 107 Å². The molecule has 0 amide bonds. The van der Waals surface area contributed by atoms with Crippen LogP contribution in [0, 0.1) is 11.8 Å². The van der Waals surface area contributed by atoms with Crippen LogP contribution in [0.15, 0.2) is 48.5 Å². The lowest BCUT2D eigenvalue weighted by Crippen LogP contribution is -2.47. The van der Waals surface area contributed by atoms with E-state index in [4.69, 9.17) is 28.4 Å². The van der Waals surface area contributed by atoms with Crippen molar-refractivity contribution in [2.75, 3.05) is 27.4 Å². The molecule has 1 aliphatic heterocycles. The second kappa shape index (κ2) is 14.5. The highest BCUT2D eigenvalue weighted by Gasteiger charge is 2.46. The molecule has 1 fully saturated rings. The molecule has 3 rings (SSSR count). The molecular formula is C30H38O9. The molecule has 0 spiro atoms. The zero-order valence-electron chi connectivity index (χ0n) is 23.2. The molecule has 1 heterocycles. The van der Waals surface area contributed by atoms with Gasteiger partial charge in [0, 0.05) is 39.0 Å². The Morgan fingerprint density at radius 3 is 1.85 bits per heavy atom. The first-order chi connectivity index (χ1) is 18.7. The van der Waals surface area contributed by atoms with Gasteiger partial charge in [-0.15, -0.1) is 0 Å². The maximum absolute atomic E-state index is 12.2. The van der Waals surface area contributed by atoms with Gasteiger partial charge in [0.2, 0.25) is 0 Å². The van der Waals surface area contributed by atoms with Gasteiger partial charge in [-0.25, -0.2) is 0 Å². The van der Waals surface area contributed by atoms with E-state index in [0.29, 0.717) is 18.6 Å². The van der Waals surface area contributed by atoms with E-state index in [0.717, 1.165) is 23.3 Å². The first-order valence-corrected chi connectivity index (χ1v) is 13.1. The van der Waals surface area contributed by atoms with Crippen LogP contribution in [0.1, 0.15) is 50.8 Å². The molecule has 2 aromatic carbocycles. The largest absolute Gasteiger partial charge is 0.497 e. The Kier molecular flexibility index (Phi) is 11.2. The quantitative estimate of drug-likeness (QED) is 0.284. The Morgan fingerprint density at radius 1 is 0.821 bits per heavy atom. The van der Waals surface area contributed by atoms with E-state index in [1.54, 1.807) is 14.2 Å². The van der Waals surface area contributed by atoms with Gasteiger partial charge in [-0.2, -0.15) is 0 Å². The Labute approximate surface area is 229 Å². The third-order valence-corrected chi connectivity index (χ3v) is 6.83. The molecule has 1 aliphatic rings. The number of methoxy groups -OCH3 is 2. The van der Waals surface area contributed by atoms with Crippen LogP contribution in [0.3, 0.4) is 0 Å². The van der Waals surface area contributed by atoms with Crippen molar-refractivity contribution in [2.24, 2.45) is 11.8 Å². The number of esters is 3. The van der Waals surface area contributed by atoms with E-state index in [2.05, 4.69) is 0 Å². The first kappa shape index (κ1) is 30.0. The van der Waals surface area contributed by atoms with Crippen LogP contribution in [-0.2, 0) is 39.8 Å². The van der Waals surface area contributed by atoms with Crippen molar-refractivity contribution >= 4 is 17.9 Å². The Morgan fingerprint density at radius 2 is 1.36 bits per heavy atom. The number of benzene rings is 2. The normalized spacial score (nSPS) is 20.7. The summed E-state index contributed by atoms with van der Waals surface area (Å²) in [7, 11) is 3.22. The highest BCUT2D eigenvalue weighted by molar-refractivity contribution is 5.67. The summed E-state index contributed by atoms with van der Waals surface area (Å²) in [6, 6.07) is 15.4. The smallest absolute Gasteiger partial charge is 0.302 e. The zero-order chi connectivity index (χ0) is 28.4. The minimum atomic E-state index is -0.555. The lowest BCUT2D eigenvalue weighted by molar-refractivity contribution is -0.193. The fourth-order valence-electron chi connectivity index (χ4n) is 4.97. The number of carbonyl (C=O) groups excluding carboxylic acids is 3. The Hall–Kier alpha value is -3.59. The molecule has 9 heteroatoms. The van der Waals surface area contributed by atoms with Crippen molar-refractivity contribution in [3.05, 3.63) is 59.7 Å². The Balaban J connectivity index is 1.94. The van der Waals surface area contributed by atoms with Gasteiger partial charge < -0.3 is 28.4 Å². The van der Waals surface area contributed by atoms with Crippen molar-refractivity contribution in [3.8, 4) is 11.5 Å². The summed E-state index contributed by atoms with van der Waals surface area (Å²) in [6.07, 6.45) is 0.603. The van der Waals surface area contributed by atoms with Gasteiger partial charge in [-0.05, 0) is 48.2 Å². The summed E-state index contributed by atoms with van der Waals surface area (Å²) in [5.74, 6) is -0.779. The van der Waals surface area contributed by atoms with Crippen LogP contribution in [0.4, 0.5) is 0 Å². The highest BCUT2D eigenvalue weighted by Crippen LogP contribution is 2.44.